The van der Waals surface area contributed by atoms with Gasteiger partial charge in [0.05, 0.1) is 7.11 Å². The van der Waals surface area contributed by atoms with Crippen molar-refractivity contribution < 1.29 is 27.0 Å². The van der Waals surface area contributed by atoms with Gasteiger partial charge in [0, 0.05) is 37.8 Å². The van der Waals surface area contributed by atoms with Crippen molar-refractivity contribution in [2.24, 2.45) is 17.8 Å². The van der Waals surface area contributed by atoms with E-state index < -0.39 is 6.36 Å². The van der Waals surface area contributed by atoms with E-state index in [4.69, 9.17) is 4.74 Å². The van der Waals surface area contributed by atoms with Crippen LogP contribution in [0.15, 0.2) is 42.5 Å². The first-order chi connectivity index (χ1) is 14.3. The van der Waals surface area contributed by atoms with Crippen molar-refractivity contribution in [3.63, 3.8) is 0 Å². The van der Waals surface area contributed by atoms with Crippen LogP contribution in [0.25, 0.3) is 0 Å². The molecule has 2 atom stereocenters. The molecule has 2 fully saturated rings. The summed E-state index contributed by atoms with van der Waals surface area (Å²) in [6.07, 6.45) is -4.68. The third-order valence-electron chi connectivity index (χ3n) is 5.94. The Morgan fingerprint density at radius 3 is 2.50 bits per heavy atom. The minimum Gasteiger partial charge on any atom is -0.497 e. The molecule has 1 N–H and O–H groups in total. The number of likely N-dealkylation sites (tertiary alicyclic amines) is 1. The summed E-state index contributed by atoms with van der Waals surface area (Å²) in [6.45, 7) is 3.79. The van der Waals surface area contributed by atoms with E-state index in [0.29, 0.717) is 42.2 Å². The Kier molecular flexibility index (Phi) is 5.88. The number of piperidine rings is 1. The topological polar surface area (TPSA) is 33.7 Å². The number of hydrogen-bond donors (Lipinski definition) is 1. The first-order valence-corrected chi connectivity index (χ1v) is 9.92. The van der Waals surface area contributed by atoms with Crippen molar-refractivity contribution in [3.8, 4) is 11.5 Å². The van der Waals surface area contributed by atoms with E-state index in [1.54, 1.807) is 24.3 Å². The predicted octanol–water partition coefficient (Wildman–Crippen LogP) is 4.20. The van der Waals surface area contributed by atoms with Crippen LogP contribution in [0.4, 0.5) is 17.6 Å². The molecular weight excluding hydrogens is 400 g/mol. The second-order valence-corrected chi connectivity index (χ2v) is 7.97. The Labute approximate surface area is 172 Å². The van der Waals surface area contributed by atoms with Gasteiger partial charge >= 0.3 is 6.36 Å². The van der Waals surface area contributed by atoms with Gasteiger partial charge in [-0.05, 0) is 48.1 Å². The minimum atomic E-state index is -4.68. The summed E-state index contributed by atoms with van der Waals surface area (Å²) in [5.74, 6) is 1.83. The maximum absolute atomic E-state index is 14.1. The lowest BCUT2D eigenvalue weighted by Crippen LogP contribution is -2.27. The molecule has 1 saturated carbocycles. The highest BCUT2D eigenvalue weighted by molar-refractivity contribution is 5.30. The molecule has 4 nitrogen and oxygen atoms in total. The molecule has 0 aromatic heterocycles. The SMILES string of the molecule is COc1ccc(CN2CC3C(CNCc4cccc(OC(F)(F)F)c4)C3C2)c(F)c1. The molecule has 1 aliphatic heterocycles. The number of rotatable bonds is 8. The Morgan fingerprint density at radius 1 is 1.07 bits per heavy atom. The van der Waals surface area contributed by atoms with Crippen LogP contribution >= 0.6 is 0 Å². The summed E-state index contributed by atoms with van der Waals surface area (Å²) in [6, 6.07) is 11.0. The quantitative estimate of drug-likeness (QED) is 0.644. The van der Waals surface area contributed by atoms with E-state index in [0.717, 1.165) is 25.2 Å². The van der Waals surface area contributed by atoms with Gasteiger partial charge in [-0.3, -0.25) is 4.90 Å². The third-order valence-corrected chi connectivity index (χ3v) is 5.94. The zero-order valence-corrected chi connectivity index (χ0v) is 16.6. The molecule has 0 spiro atoms. The number of nitrogens with one attached hydrogen (secondary N) is 1. The third kappa shape index (κ3) is 5.05. The number of methoxy groups -OCH3 is 1. The summed E-state index contributed by atoms with van der Waals surface area (Å²) in [5, 5.41) is 3.34. The first kappa shape index (κ1) is 20.9. The van der Waals surface area contributed by atoms with Gasteiger partial charge in [-0.25, -0.2) is 4.39 Å². The standard InChI is InChI=1S/C22H24F4N2O2/c1-29-16-6-5-15(21(23)8-16)11-28-12-19-18(20(19)13-28)10-27-9-14-3-2-4-17(7-14)30-22(24,25)26/h2-8,18-20,27H,9-13H2,1H3. The maximum Gasteiger partial charge on any atom is 0.573 e. The van der Waals surface area contributed by atoms with E-state index in [9.17, 15) is 17.6 Å². The largest absolute Gasteiger partial charge is 0.573 e. The molecule has 1 heterocycles. The van der Waals surface area contributed by atoms with Crippen LogP contribution < -0.4 is 14.8 Å². The van der Waals surface area contributed by atoms with Gasteiger partial charge in [0.2, 0.25) is 0 Å². The van der Waals surface area contributed by atoms with Crippen LogP contribution in [0.5, 0.6) is 11.5 Å². The fraction of sp³-hybridized carbons (Fsp3) is 0.455. The molecule has 0 radical (unpaired) electrons. The van der Waals surface area contributed by atoms with E-state index >= 15 is 0 Å². The molecule has 30 heavy (non-hydrogen) atoms. The van der Waals surface area contributed by atoms with Gasteiger partial charge in [0.1, 0.15) is 17.3 Å². The number of halogens is 4. The first-order valence-electron chi connectivity index (χ1n) is 9.92. The van der Waals surface area contributed by atoms with Crippen molar-refractivity contribution in [3.05, 3.63) is 59.4 Å². The number of hydrogen-bond acceptors (Lipinski definition) is 4. The van der Waals surface area contributed by atoms with Gasteiger partial charge < -0.3 is 14.8 Å². The van der Waals surface area contributed by atoms with Crippen LogP contribution in [0, 0.1) is 23.6 Å². The number of fused-ring (bicyclic) bond motifs is 1. The lowest BCUT2D eigenvalue weighted by molar-refractivity contribution is -0.274. The van der Waals surface area contributed by atoms with E-state index in [-0.39, 0.29) is 11.6 Å². The average molecular weight is 424 g/mol. The zero-order chi connectivity index (χ0) is 21.3. The van der Waals surface area contributed by atoms with Gasteiger partial charge in [0.25, 0.3) is 0 Å². The van der Waals surface area contributed by atoms with Crippen LogP contribution in [0.1, 0.15) is 11.1 Å². The normalized spacial score (nSPS) is 23.3. The van der Waals surface area contributed by atoms with E-state index in [1.807, 2.05) is 0 Å². The number of nitrogens with zero attached hydrogens (tertiary/aromatic N) is 1. The van der Waals surface area contributed by atoms with Gasteiger partial charge in [0.15, 0.2) is 0 Å². The Bertz CT molecular complexity index is 878. The summed E-state index contributed by atoms with van der Waals surface area (Å²) in [4.78, 5) is 2.27. The van der Waals surface area contributed by atoms with Gasteiger partial charge in [-0.15, -0.1) is 13.2 Å². The predicted molar refractivity (Wildman–Crippen MR) is 104 cm³/mol. The highest BCUT2D eigenvalue weighted by Crippen LogP contribution is 2.51. The van der Waals surface area contributed by atoms with Crippen LogP contribution in [-0.4, -0.2) is 38.0 Å². The smallest absolute Gasteiger partial charge is 0.497 e. The molecule has 0 bridgehead atoms. The summed E-state index contributed by atoms with van der Waals surface area (Å²) in [5.41, 5.74) is 1.42. The Morgan fingerprint density at radius 2 is 1.83 bits per heavy atom. The number of benzene rings is 2. The number of ether oxygens (including phenoxy) is 2. The maximum atomic E-state index is 14.1. The average Bonchev–Trinajstić information content (AvgIpc) is 3.13. The Hall–Kier alpha value is -2.32. The fourth-order valence-electron chi connectivity index (χ4n) is 4.43. The lowest BCUT2D eigenvalue weighted by atomic mass is 10.1. The minimum absolute atomic E-state index is 0.202. The van der Waals surface area contributed by atoms with Crippen molar-refractivity contribution in [1.82, 2.24) is 10.2 Å². The van der Waals surface area contributed by atoms with Crippen LogP contribution in [-0.2, 0) is 13.1 Å². The van der Waals surface area contributed by atoms with Crippen molar-refractivity contribution >= 4 is 0 Å². The monoisotopic (exact) mass is 424 g/mol. The molecule has 2 aliphatic rings. The summed E-state index contributed by atoms with van der Waals surface area (Å²) >= 11 is 0. The summed E-state index contributed by atoms with van der Waals surface area (Å²) in [7, 11) is 1.52. The molecule has 162 valence electrons. The van der Waals surface area contributed by atoms with E-state index in [2.05, 4.69) is 15.0 Å². The molecule has 1 saturated heterocycles. The molecular formula is C22H24F4N2O2. The lowest BCUT2D eigenvalue weighted by Gasteiger charge is -2.20. The fourth-order valence-corrected chi connectivity index (χ4v) is 4.43. The van der Waals surface area contributed by atoms with Crippen molar-refractivity contribution in [2.75, 3.05) is 26.7 Å². The van der Waals surface area contributed by atoms with Crippen LogP contribution in [0.3, 0.4) is 0 Å². The second kappa shape index (κ2) is 8.43. The van der Waals surface area contributed by atoms with Crippen molar-refractivity contribution in [1.29, 1.82) is 0 Å². The zero-order valence-electron chi connectivity index (χ0n) is 16.6. The number of alkyl halides is 3. The highest BCUT2D eigenvalue weighted by atomic mass is 19.4. The molecule has 2 aromatic rings. The van der Waals surface area contributed by atoms with Crippen molar-refractivity contribution in [2.45, 2.75) is 19.5 Å². The Balaban J connectivity index is 1.20. The van der Waals surface area contributed by atoms with Gasteiger partial charge in [-0.2, -0.15) is 0 Å². The molecule has 0 amide bonds. The molecule has 2 unspecified atom stereocenters. The second-order valence-electron chi connectivity index (χ2n) is 7.97. The van der Waals surface area contributed by atoms with Crippen LogP contribution in [0.2, 0.25) is 0 Å². The highest BCUT2D eigenvalue weighted by Gasteiger charge is 2.54. The summed E-state index contributed by atoms with van der Waals surface area (Å²) < 4.78 is 60.1. The van der Waals surface area contributed by atoms with E-state index in [1.165, 1.54) is 25.3 Å². The molecule has 8 heteroatoms. The molecule has 1 aliphatic carbocycles. The molecule has 2 aromatic carbocycles. The molecule has 4 rings (SSSR count). The van der Waals surface area contributed by atoms with Gasteiger partial charge in [-0.1, -0.05) is 18.2 Å².